The first-order valence-corrected chi connectivity index (χ1v) is 8.24. The van der Waals surface area contributed by atoms with Crippen molar-refractivity contribution in [3.63, 3.8) is 0 Å². The van der Waals surface area contributed by atoms with Crippen LogP contribution in [-0.2, 0) is 6.54 Å². The van der Waals surface area contributed by atoms with Crippen molar-refractivity contribution < 1.29 is 4.74 Å². The van der Waals surface area contributed by atoms with Crippen LogP contribution in [0.15, 0.2) is 20.5 Å². The molecule has 0 aliphatic heterocycles. The maximum Gasteiger partial charge on any atom is 0.161 e. The summed E-state index contributed by atoms with van der Waals surface area (Å²) >= 11 is 8.76. The highest BCUT2D eigenvalue weighted by molar-refractivity contribution is 9.13. The highest BCUT2D eigenvalue weighted by atomic mass is 79.9. The largest absolute Gasteiger partial charge is 0.493 e. The number of methoxy groups -OCH3 is 1. The van der Waals surface area contributed by atoms with Crippen molar-refractivity contribution in [2.24, 2.45) is 0 Å². The lowest BCUT2D eigenvalue weighted by atomic mass is 10.1. The van der Waals surface area contributed by atoms with Gasteiger partial charge in [-0.1, -0.05) is 0 Å². The minimum absolute atomic E-state index is 0.0602. The van der Waals surface area contributed by atoms with E-state index in [1.165, 1.54) is 4.88 Å². The van der Waals surface area contributed by atoms with Crippen molar-refractivity contribution in [3.8, 4) is 5.75 Å². The first kappa shape index (κ1) is 15.0. The third-order valence-electron chi connectivity index (χ3n) is 2.88. The lowest BCUT2D eigenvalue weighted by molar-refractivity contribution is 0.401. The molecule has 2 aromatic rings. The number of aromatic nitrogens is 2. The summed E-state index contributed by atoms with van der Waals surface area (Å²) in [4.78, 5) is 1.20. The number of aryl methyl sites for hydroxylation is 1. The fourth-order valence-electron chi connectivity index (χ4n) is 2.00. The smallest absolute Gasteiger partial charge is 0.161 e. The molecule has 1 atom stereocenters. The van der Waals surface area contributed by atoms with E-state index in [1.807, 2.05) is 11.7 Å². The van der Waals surface area contributed by atoms with E-state index < -0.39 is 0 Å². The highest BCUT2D eigenvalue weighted by Gasteiger charge is 2.24. The Kier molecular flexibility index (Phi) is 5.05. The van der Waals surface area contributed by atoms with Crippen LogP contribution in [0.3, 0.4) is 0 Å². The molecule has 2 rings (SSSR count). The van der Waals surface area contributed by atoms with Gasteiger partial charge in [-0.25, -0.2) is 0 Å². The van der Waals surface area contributed by atoms with Crippen LogP contribution in [-0.4, -0.2) is 23.9 Å². The fraction of sp³-hybridized carbons (Fsp3) is 0.417. The van der Waals surface area contributed by atoms with Crippen LogP contribution in [0.2, 0.25) is 0 Å². The quantitative estimate of drug-likeness (QED) is 0.817. The van der Waals surface area contributed by atoms with Crippen molar-refractivity contribution in [1.29, 1.82) is 0 Å². The normalized spacial score (nSPS) is 12.7. The van der Waals surface area contributed by atoms with Crippen molar-refractivity contribution in [2.75, 3.05) is 14.2 Å². The van der Waals surface area contributed by atoms with Gasteiger partial charge < -0.3 is 10.1 Å². The first-order chi connectivity index (χ1) is 9.12. The van der Waals surface area contributed by atoms with E-state index in [4.69, 9.17) is 4.74 Å². The number of hydrogen-bond donors (Lipinski definition) is 1. The molecule has 4 nitrogen and oxygen atoms in total. The van der Waals surface area contributed by atoms with Crippen LogP contribution >= 0.6 is 43.2 Å². The summed E-state index contributed by atoms with van der Waals surface area (Å²) in [5.41, 5.74) is 1.05. The van der Waals surface area contributed by atoms with Crippen molar-refractivity contribution in [1.82, 2.24) is 15.1 Å². The summed E-state index contributed by atoms with van der Waals surface area (Å²) in [5, 5.41) is 7.70. The van der Waals surface area contributed by atoms with Crippen LogP contribution in [0.1, 0.15) is 23.5 Å². The zero-order valence-corrected chi connectivity index (χ0v) is 14.9. The molecule has 0 radical (unpaired) electrons. The Balaban J connectivity index is 2.49. The lowest BCUT2D eigenvalue weighted by Gasteiger charge is -2.17. The van der Waals surface area contributed by atoms with Gasteiger partial charge in [0.25, 0.3) is 0 Å². The standard InChI is InChI=1S/C12H15Br2N3OS/c1-4-17-11(8(18-3)6-16-17)10(15-2)9-5-7(13)12(14)19-9/h5-6,10,15H,4H2,1-3H3. The van der Waals surface area contributed by atoms with Crippen LogP contribution in [0.25, 0.3) is 0 Å². The Hall–Kier alpha value is -0.370. The third kappa shape index (κ3) is 2.89. The topological polar surface area (TPSA) is 39.1 Å². The Labute approximate surface area is 133 Å². The molecule has 1 unspecified atom stereocenters. The summed E-state index contributed by atoms with van der Waals surface area (Å²) in [6.45, 7) is 2.88. The Morgan fingerprint density at radius 2 is 2.26 bits per heavy atom. The van der Waals surface area contributed by atoms with Gasteiger partial charge in [-0.05, 0) is 51.9 Å². The van der Waals surface area contributed by atoms with Gasteiger partial charge in [0.1, 0.15) is 5.69 Å². The minimum Gasteiger partial charge on any atom is -0.493 e. The summed E-state index contributed by atoms with van der Waals surface area (Å²) < 4.78 is 9.54. The second-order valence-corrected chi connectivity index (χ2v) is 7.16. The highest BCUT2D eigenvalue weighted by Crippen LogP contribution is 2.39. The van der Waals surface area contributed by atoms with Gasteiger partial charge in [0.2, 0.25) is 0 Å². The molecule has 0 saturated carbocycles. The number of nitrogens with one attached hydrogen (secondary N) is 1. The molecule has 104 valence electrons. The first-order valence-electron chi connectivity index (χ1n) is 5.84. The number of thiophene rings is 1. The van der Waals surface area contributed by atoms with E-state index in [2.05, 4.69) is 55.3 Å². The summed E-state index contributed by atoms with van der Waals surface area (Å²) in [6, 6.07) is 2.17. The Bertz CT molecular complexity index is 526. The van der Waals surface area contributed by atoms with E-state index >= 15 is 0 Å². The van der Waals surface area contributed by atoms with Crippen molar-refractivity contribution >= 4 is 43.2 Å². The second-order valence-electron chi connectivity index (χ2n) is 3.91. The number of halogens is 2. The monoisotopic (exact) mass is 407 g/mol. The van der Waals surface area contributed by atoms with Gasteiger partial charge in [-0.2, -0.15) is 5.10 Å². The molecule has 0 amide bonds. The van der Waals surface area contributed by atoms with Gasteiger partial charge in [0.15, 0.2) is 5.75 Å². The molecular weight excluding hydrogens is 394 g/mol. The maximum absolute atomic E-state index is 5.43. The third-order valence-corrected chi connectivity index (χ3v) is 6.20. The molecule has 0 saturated heterocycles. The molecule has 0 aliphatic carbocycles. The van der Waals surface area contributed by atoms with Gasteiger partial charge >= 0.3 is 0 Å². The molecule has 2 heterocycles. The molecule has 0 bridgehead atoms. The lowest BCUT2D eigenvalue weighted by Crippen LogP contribution is -2.21. The predicted octanol–water partition coefficient (Wildman–Crippen LogP) is 3.81. The van der Waals surface area contributed by atoms with Crippen molar-refractivity contribution in [3.05, 3.63) is 31.1 Å². The van der Waals surface area contributed by atoms with Crippen LogP contribution in [0.5, 0.6) is 5.75 Å². The molecule has 0 aromatic carbocycles. The van der Waals surface area contributed by atoms with Gasteiger partial charge in [-0.15, -0.1) is 11.3 Å². The Morgan fingerprint density at radius 3 is 2.74 bits per heavy atom. The molecule has 0 spiro atoms. The minimum atomic E-state index is 0.0602. The molecule has 7 heteroatoms. The average Bonchev–Trinajstić information content (AvgIpc) is 2.95. The summed E-state index contributed by atoms with van der Waals surface area (Å²) in [6.07, 6.45) is 1.76. The molecule has 0 aliphatic rings. The number of hydrogen-bond acceptors (Lipinski definition) is 4. The number of ether oxygens (including phenoxy) is 1. The molecule has 0 fully saturated rings. The SMILES string of the molecule is CCn1ncc(OC)c1C(NC)c1cc(Br)c(Br)s1. The van der Waals surface area contributed by atoms with E-state index in [0.717, 1.165) is 26.2 Å². The maximum atomic E-state index is 5.43. The van der Waals surface area contributed by atoms with E-state index in [0.29, 0.717) is 0 Å². The molecular formula is C12H15Br2N3OS. The average molecular weight is 409 g/mol. The number of nitrogens with zero attached hydrogens (tertiary/aromatic N) is 2. The van der Waals surface area contributed by atoms with Gasteiger partial charge in [0, 0.05) is 15.9 Å². The molecule has 19 heavy (non-hydrogen) atoms. The summed E-state index contributed by atoms with van der Waals surface area (Å²) in [5.74, 6) is 0.807. The van der Waals surface area contributed by atoms with E-state index in [9.17, 15) is 0 Å². The van der Waals surface area contributed by atoms with Gasteiger partial charge in [-0.3, -0.25) is 4.68 Å². The van der Waals surface area contributed by atoms with E-state index in [1.54, 1.807) is 24.6 Å². The van der Waals surface area contributed by atoms with Crippen LogP contribution in [0.4, 0.5) is 0 Å². The Morgan fingerprint density at radius 1 is 1.53 bits per heavy atom. The second kappa shape index (κ2) is 6.39. The van der Waals surface area contributed by atoms with Crippen LogP contribution in [0, 0.1) is 0 Å². The zero-order chi connectivity index (χ0) is 14.0. The van der Waals surface area contributed by atoms with Crippen molar-refractivity contribution in [2.45, 2.75) is 19.5 Å². The van der Waals surface area contributed by atoms with Gasteiger partial charge in [0.05, 0.1) is 23.1 Å². The molecule has 2 aromatic heterocycles. The fourth-order valence-corrected chi connectivity index (χ4v) is 4.20. The number of rotatable bonds is 5. The molecule has 1 N–H and O–H groups in total. The van der Waals surface area contributed by atoms with Crippen LogP contribution < -0.4 is 10.1 Å². The van der Waals surface area contributed by atoms with E-state index in [-0.39, 0.29) is 6.04 Å². The zero-order valence-electron chi connectivity index (χ0n) is 10.9. The predicted molar refractivity (Wildman–Crippen MR) is 85.1 cm³/mol. The summed E-state index contributed by atoms with van der Waals surface area (Å²) in [7, 11) is 3.62.